The minimum absolute atomic E-state index is 0.0705. The number of piperazine rings is 1. The van der Waals surface area contributed by atoms with Gasteiger partial charge in [0, 0.05) is 44.5 Å². The van der Waals surface area contributed by atoms with Crippen LogP contribution in [0.5, 0.6) is 5.75 Å². The minimum Gasteiger partial charge on any atom is -0.482 e. The maximum absolute atomic E-state index is 13.3. The second kappa shape index (κ2) is 10.5. The van der Waals surface area contributed by atoms with Gasteiger partial charge in [0.15, 0.2) is 6.61 Å². The van der Waals surface area contributed by atoms with Gasteiger partial charge in [-0.05, 0) is 49.7 Å². The van der Waals surface area contributed by atoms with Crippen LogP contribution >= 0.6 is 0 Å². The van der Waals surface area contributed by atoms with E-state index in [9.17, 15) is 18.0 Å². The molecule has 0 N–H and O–H groups in total. The Balaban J connectivity index is 1.52. The lowest BCUT2D eigenvalue weighted by Crippen LogP contribution is -2.56. The molecule has 2 aromatic rings. The molecule has 2 aromatic carbocycles. The molecule has 2 aliphatic heterocycles. The summed E-state index contributed by atoms with van der Waals surface area (Å²) in [6, 6.07) is 12.9. The van der Waals surface area contributed by atoms with E-state index in [2.05, 4.69) is 36.9 Å². The molecule has 0 aromatic heterocycles. The van der Waals surface area contributed by atoms with Crippen LogP contribution in [-0.4, -0.2) is 81.4 Å². The Morgan fingerprint density at radius 3 is 2.53 bits per heavy atom. The molecule has 0 unspecified atom stereocenters. The van der Waals surface area contributed by atoms with E-state index in [-0.39, 0.29) is 35.9 Å². The van der Waals surface area contributed by atoms with E-state index in [0.717, 1.165) is 5.69 Å². The van der Waals surface area contributed by atoms with Gasteiger partial charge in [0.2, 0.25) is 15.9 Å². The molecule has 0 radical (unpaired) electrons. The summed E-state index contributed by atoms with van der Waals surface area (Å²) in [5, 5.41) is 0. The highest BCUT2D eigenvalue weighted by molar-refractivity contribution is 7.89. The Morgan fingerprint density at radius 2 is 1.86 bits per heavy atom. The van der Waals surface area contributed by atoms with Crippen molar-refractivity contribution >= 4 is 33.2 Å². The van der Waals surface area contributed by atoms with Crippen LogP contribution in [0.3, 0.4) is 0 Å². The number of sulfonamides is 1. The van der Waals surface area contributed by atoms with Gasteiger partial charge >= 0.3 is 0 Å². The molecule has 4 rings (SSSR count). The van der Waals surface area contributed by atoms with Crippen LogP contribution < -0.4 is 14.5 Å². The summed E-state index contributed by atoms with van der Waals surface area (Å²) >= 11 is 0. The summed E-state index contributed by atoms with van der Waals surface area (Å²) in [6.45, 7) is 9.77. The fraction of sp³-hybridized carbons (Fsp3) is 0.462. The zero-order chi connectivity index (χ0) is 26.0. The average molecular weight is 515 g/mol. The first kappa shape index (κ1) is 26.0. The standard InChI is InChI=1S/C26H34N4O5S/c1-5-28(6-2)36(33,34)22-10-11-24-23(15-22)30(26(32)18-35-24)17-25(31)27-12-13-29(20(4)16-27)21-9-7-8-19(3)14-21/h7-11,14-15,20H,5-6,12-13,16-18H2,1-4H3/t20-/m1/s1. The van der Waals surface area contributed by atoms with Gasteiger partial charge in [-0.3, -0.25) is 14.5 Å². The van der Waals surface area contributed by atoms with Crippen LogP contribution in [0, 0.1) is 6.92 Å². The smallest absolute Gasteiger partial charge is 0.265 e. The van der Waals surface area contributed by atoms with E-state index < -0.39 is 10.0 Å². The predicted molar refractivity (Wildman–Crippen MR) is 139 cm³/mol. The molecule has 1 saturated heterocycles. The Bertz CT molecular complexity index is 1240. The van der Waals surface area contributed by atoms with E-state index in [4.69, 9.17) is 4.74 Å². The van der Waals surface area contributed by atoms with Crippen molar-refractivity contribution in [1.82, 2.24) is 9.21 Å². The summed E-state index contributed by atoms with van der Waals surface area (Å²) in [5.74, 6) is -0.165. The van der Waals surface area contributed by atoms with Crippen molar-refractivity contribution in [2.45, 2.75) is 38.6 Å². The summed E-state index contributed by atoms with van der Waals surface area (Å²) in [7, 11) is -3.73. The lowest BCUT2D eigenvalue weighted by molar-refractivity contribution is -0.132. The molecule has 2 aliphatic rings. The van der Waals surface area contributed by atoms with Crippen molar-refractivity contribution in [2.75, 3.05) is 55.7 Å². The second-order valence-corrected chi connectivity index (χ2v) is 11.1. The molecule has 9 nitrogen and oxygen atoms in total. The highest BCUT2D eigenvalue weighted by Crippen LogP contribution is 2.35. The Hall–Kier alpha value is -3.11. The van der Waals surface area contributed by atoms with Crippen LogP contribution in [-0.2, 0) is 19.6 Å². The first-order valence-corrected chi connectivity index (χ1v) is 13.8. The van der Waals surface area contributed by atoms with Crippen LogP contribution in [0.1, 0.15) is 26.3 Å². The molecule has 10 heteroatoms. The van der Waals surface area contributed by atoms with Crippen LogP contribution in [0.4, 0.5) is 11.4 Å². The fourth-order valence-corrected chi connectivity index (χ4v) is 6.32. The molecular formula is C26H34N4O5S. The largest absolute Gasteiger partial charge is 0.482 e. The summed E-state index contributed by atoms with van der Waals surface area (Å²) < 4.78 is 33.0. The Morgan fingerprint density at radius 1 is 1.11 bits per heavy atom. The van der Waals surface area contributed by atoms with Gasteiger partial charge in [0.1, 0.15) is 12.3 Å². The monoisotopic (exact) mass is 514 g/mol. The fourth-order valence-electron chi connectivity index (χ4n) is 4.84. The van der Waals surface area contributed by atoms with Crippen molar-refractivity contribution in [2.24, 2.45) is 0 Å². The first-order chi connectivity index (χ1) is 17.1. The maximum Gasteiger partial charge on any atom is 0.265 e. The number of ether oxygens (including phenoxy) is 1. The quantitative estimate of drug-likeness (QED) is 0.564. The Kier molecular flexibility index (Phi) is 7.56. The third-order valence-electron chi connectivity index (χ3n) is 6.82. The van der Waals surface area contributed by atoms with Gasteiger partial charge in [-0.15, -0.1) is 0 Å². The number of amides is 2. The third-order valence-corrected chi connectivity index (χ3v) is 8.87. The van der Waals surface area contributed by atoms with E-state index in [1.807, 2.05) is 6.07 Å². The SMILES string of the molecule is CCN(CC)S(=O)(=O)c1ccc2c(c1)N(CC(=O)N1CCN(c3cccc(C)c3)[C@H](C)C1)C(=O)CO2. The first-order valence-electron chi connectivity index (χ1n) is 12.3. The predicted octanol–water partition coefficient (Wildman–Crippen LogP) is 2.49. The van der Waals surface area contributed by atoms with Crippen molar-refractivity contribution < 1.29 is 22.7 Å². The van der Waals surface area contributed by atoms with Crippen LogP contribution in [0.15, 0.2) is 47.4 Å². The molecule has 0 spiro atoms. The summed E-state index contributed by atoms with van der Waals surface area (Å²) in [4.78, 5) is 31.6. The number of hydrogen-bond acceptors (Lipinski definition) is 6. The normalized spacial score (nSPS) is 18.3. The molecule has 0 saturated carbocycles. The zero-order valence-electron chi connectivity index (χ0n) is 21.3. The number of benzene rings is 2. The van der Waals surface area contributed by atoms with E-state index >= 15 is 0 Å². The molecule has 2 amide bonds. The highest BCUT2D eigenvalue weighted by atomic mass is 32.2. The van der Waals surface area contributed by atoms with Crippen LogP contribution in [0.2, 0.25) is 0 Å². The zero-order valence-corrected chi connectivity index (χ0v) is 22.1. The van der Waals surface area contributed by atoms with E-state index in [1.165, 1.54) is 26.9 Å². The molecule has 2 heterocycles. The number of fused-ring (bicyclic) bond motifs is 1. The van der Waals surface area contributed by atoms with Crippen molar-refractivity contribution in [3.8, 4) is 5.75 Å². The van der Waals surface area contributed by atoms with E-state index in [1.54, 1.807) is 24.8 Å². The van der Waals surface area contributed by atoms with Gasteiger partial charge < -0.3 is 14.5 Å². The topological polar surface area (TPSA) is 90.5 Å². The second-order valence-electron chi connectivity index (χ2n) is 9.21. The number of carbonyl (C=O) groups excluding carboxylic acids is 2. The van der Waals surface area contributed by atoms with E-state index in [0.29, 0.717) is 44.2 Å². The van der Waals surface area contributed by atoms with Gasteiger partial charge in [-0.2, -0.15) is 4.31 Å². The van der Waals surface area contributed by atoms with Gasteiger partial charge in [-0.1, -0.05) is 26.0 Å². The Labute approximate surface area is 213 Å². The average Bonchev–Trinajstić information content (AvgIpc) is 2.85. The number of aryl methyl sites for hydroxylation is 1. The molecule has 1 fully saturated rings. The number of anilines is 2. The van der Waals surface area contributed by atoms with Crippen LogP contribution in [0.25, 0.3) is 0 Å². The van der Waals surface area contributed by atoms with Gasteiger partial charge in [0.05, 0.1) is 10.6 Å². The molecule has 36 heavy (non-hydrogen) atoms. The summed E-state index contributed by atoms with van der Waals surface area (Å²) in [5.41, 5.74) is 2.62. The highest BCUT2D eigenvalue weighted by Gasteiger charge is 2.33. The number of nitrogens with zero attached hydrogens (tertiary/aromatic N) is 4. The van der Waals surface area contributed by atoms with Crippen molar-refractivity contribution in [3.63, 3.8) is 0 Å². The van der Waals surface area contributed by atoms with Crippen molar-refractivity contribution in [3.05, 3.63) is 48.0 Å². The third kappa shape index (κ3) is 5.05. The molecule has 1 atom stereocenters. The molecule has 0 bridgehead atoms. The molecular weight excluding hydrogens is 480 g/mol. The minimum atomic E-state index is -3.73. The van der Waals surface area contributed by atoms with Crippen molar-refractivity contribution in [1.29, 1.82) is 0 Å². The van der Waals surface area contributed by atoms with Gasteiger partial charge in [0.25, 0.3) is 5.91 Å². The maximum atomic E-state index is 13.3. The lowest BCUT2D eigenvalue weighted by atomic mass is 10.1. The summed E-state index contributed by atoms with van der Waals surface area (Å²) in [6.07, 6.45) is 0. The number of hydrogen-bond donors (Lipinski definition) is 0. The number of rotatable bonds is 7. The number of carbonyl (C=O) groups is 2. The molecule has 0 aliphatic carbocycles. The lowest BCUT2D eigenvalue weighted by Gasteiger charge is -2.42. The molecule has 194 valence electrons. The van der Waals surface area contributed by atoms with Gasteiger partial charge in [-0.25, -0.2) is 8.42 Å².